The van der Waals surface area contributed by atoms with Gasteiger partial charge < -0.3 is 15.2 Å². The second-order valence-electron chi connectivity index (χ2n) is 5.56. The summed E-state index contributed by atoms with van der Waals surface area (Å²) in [6.45, 7) is 4.24. The normalized spacial score (nSPS) is 15.8. The number of aromatic nitrogens is 2. The van der Waals surface area contributed by atoms with Gasteiger partial charge in [0, 0.05) is 25.0 Å². The van der Waals surface area contributed by atoms with Crippen LogP contribution in [0.2, 0.25) is 0 Å². The van der Waals surface area contributed by atoms with Crippen LogP contribution in [0, 0.1) is 0 Å². The van der Waals surface area contributed by atoms with E-state index in [1.54, 1.807) is 6.20 Å². The summed E-state index contributed by atoms with van der Waals surface area (Å²) >= 11 is 0. The van der Waals surface area contributed by atoms with Crippen molar-refractivity contribution in [2.75, 3.05) is 6.54 Å². The van der Waals surface area contributed by atoms with Crippen molar-refractivity contribution in [3.05, 3.63) is 48.3 Å². The van der Waals surface area contributed by atoms with Crippen molar-refractivity contribution < 1.29 is 23.0 Å². The van der Waals surface area contributed by atoms with Gasteiger partial charge in [-0.25, -0.2) is 0 Å². The summed E-state index contributed by atoms with van der Waals surface area (Å²) in [4.78, 5) is 0. The number of halogens is 3. The standard InChI is InChI=1S/C16H20F3N3O2/c1-11(12(2)22-9-3-8-21-22)20-10-15(23)13-4-6-14(7-5-13)24-16(17,18)19/h3-9,11-12,15,20,23H,10H2,1-2H3. The van der Waals surface area contributed by atoms with E-state index in [9.17, 15) is 18.3 Å². The predicted octanol–water partition coefficient (Wildman–Crippen LogP) is 3.05. The molecule has 5 nitrogen and oxygen atoms in total. The number of aliphatic hydroxyl groups excluding tert-OH is 1. The number of rotatable bonds is 7. The Kier molecular flexibility index (Phi) is 5.84. The molecule has 0 aliphatic heterocycles. The first-order valence-corrected chi connectivity index (χ1v) is 7.52. The van der Waals surface area contributed by atoms with Crippen LogP contribution in [-0.2, 0) is 0 Å². The number of nitrogens with zero attached hydrogens (tertiary/aromatic N) is 2. The van der Waals surface area contributed by atoms with Crippen LogP contribution in [0.3, 0.4) is 0 Å². The van der Waals surface area contributed by atoms with E-state index in [1.807, 2.05) is 30.8 Å². The molecular formula is C16H20F3N3O2. The number of hydrogen-bond donors (Lipinski definition) is 2. The van der Waals surface area contributed by atoms with Gasteiger partial charge in [0.05, 0.1) is 12.1 Å². The van der Waals surface area contributed by atoms with Crippen LogP contribution < -0.4 is 10.1 Å². The molecule has 0 aliphatic carbocycles. The summed E-state index contributed by atoms with van der Waals surface area (Å²) in [5, 5.41) is 17.5. The number of hydrogen-bond acceptors (Lipinski definition) is 4. The Hall–Kier alpha value is -2.06. The Bertz CT molecular complexity index is 614. The molecule has 1 aromatic heterocycles. The molecule has 3 atom stereocenters. The minimum atomic E-state index is -4.72. The largest absolute Gasteiger partial charge is 0.573 e. The quantitative estimate of drug-likeness (QED) is 0.811. The molecule has 2 N–H and O–H groups in total. The molecule has 0 aliphatic rings. The van der Waals surface area contributed by atoms with Gasteiger partial charge in [0.25, 0.3) is 0 Å². The van der Waals surface area contributed by atoms with Crippen molar-refractivity contribution in [1.29, 1.82) is 0 Å². The summed E-state index contributed by atoms with van der Waals surface area (Å²) in [5.74, 6) is -0.313. The van der Waals surface area contributed by atoms with E-state index in [1.165, 1.54) is 24.3 Å². The van der Waals surface area contributed by atoms with Crippen LogP contribution in [0.15, 0.2) is 42.7 Å². The molecular weight excluding hydrogens is 323 g/mol. The van der Waals surface area contributed by atoms with Gasteiger partial charge in [0.1, 0.15) is 5.75 Å². The molecule has 0 spiro atoms. The van der Waals surface area contributed by atoms with Crippen LogP contribution >= 0.6 is 0 Å². The minimum Gasteiger partial charge on any atom is -0.406 e. The predicted molar refractivity (Wildman–Crippen MR) is 82.5 cm³/mol. The highest BCUT2D eigenvalue weighted by atomic mass is 19.4. The molecule has 132 valence electrons. The third-order valence-corrected chi connectivity index (χ3v) is 3.80. The maximum Gasteiger partial charge on any atom is 0.573 e. The monoisotopic (exact) mass is 343 g/mol. The number of nitrogens with one attached hydrogen (secondary N) is 1. The van der Waals surface area contributed by atoms with E-state index in [0.29, 0.717) is 5.56 Å². The summed E-state index contributed by atoms with van der Waals surface area (Å²) < 4.78 is 42.0. The lowest BCUT2D eigenvalue weighted by Crippen LogP contribution is -2.36. The average molecular weight is 343 g/mol. The van der Waals surface area contributed by atoms with Gasteiger partial charge in [-0.3, -0.25) is 4.68 Å². The molecule has 2 aromatic rings. The Morgan fingerprint density at radius 1 is 1.25 bits per heavy atom. The molecule has 0 saturated carbocycles. The lowest BCUT2D eigenvalue weighted by Gasteiger charge is -2.23. The Labute approximate surface area is 138 Å². The first-order valence-electron chi connectivity index (χ1n) is 7.52. The van der Waals surface area contributed by atoms with Gasteiger partial charge in [0.2, 0.25) is 0 Å². The van der Waals surface area contributed by atoms with Gasteiger partial charge in [-0.1, -0.05) is 12.1 Å². The highest BCUT2D eigenvalue weighted by Crippen LogP contribution is 2.24. The van der Waals surface area contributed by atoms with Crippen molar-refractivity contribution in [2.45, 2.75) is 38.4 Å². The maximum atomic E-state index is 12.1. The van der Waals surface area contributed by atoms with E-state index < -0.39 is 12.5 Å². The molecule has 3 unspecified atom stereocenters. The lowest BCUT2D eigenvalue weighted by atomic mass is 10.1. The molecule has 0 amide bonds. The molecule has 24 heavy (non-hydrogen) atoms. The Morgan fingerprint density at radius 2 is 1.92 bits per heavy atom. The van der Waals surface area contributed by atoms with Crippen molar-refractivity contribution >= 4 is 0 Å². The maximum absolute atomic E-state index is 12.1. The van der Waals surface area contributed by atoms with Crippen LogP contribution in [0.5, 0.6) is 5.75 Å². The van der Waals surface area contributed by atoms with Crippen LogP contribution in [0.25, 0.3) is 0 Å². The van der Waals surface area contributed by atoms with Gasteiger partial charge in [-0.05, 0) is 37.6 Å². The zero-order chi connectivity index (χ0) is 17.7. The molecule has 0 radical (unpaired) electrons. The van der Waals surface area contributed by atoms with E-state index in [0.717, 1.165) is 0 Å². The molecule has 1 heterocycles. The summed E-state index contributed by atoms with van der Waals surface area (Å²) in [6.07, 6.45) is -2.00. The van der Waals surface area contributed by atoms with Gasteiger partial charge in [-0.2, -0.15) is 5.10 Å². The SMILES string of the molecule is CC(NCC(O)c1ccc(OC(F)(F)F)cc1)C(C)n1cccn1. The van der Waals surface area contributed by atoms with Crippen molar-refractivity contribution in [3.8, 4) is 5.75 Å². The summed E-state index contributed by atoms with van der Waals surface area (Å²) in [7, 11) is 0. The molecule has 1 aromatic carbocycles. The Balaban J connectivity index is 1.87. The number of aliphatic hydroxyl groups is 1. The smallest absolute Gasteiger partial charge is 0.406 e. The highest BCUT2D eigenvalue weighted by Gasteiger charge is 2.31. The Morgan fingerprint density at radius 3 is 2.46 bits per heavy atom. The number of alkyl halides is 3. The third-order valence-electron chi connectivity index (χ3n) is 3.80. The molecule has 8 heteroatoms. The first-order chi connectivity index (χ1) is 11.3. The van der Waals surface area contributed by atoms with E-state index in [2.05, 4.69) is 15.2 Å². The highest BCUT2D eigenvalue weighted by molar-refractivity contribution is 5.28. The van der Waals surface area contributed by atoms with E-state index >= 15 is 0 Å². The van der Waals surface area contributed by atoms with Gasteiger partial charge >= 0.3 is 6.36 Å². The van der Waals surface area contributed by atoms with E-state index in [-0.39, 0.29) is 24.4 Å². The lowest BCUT2D eigenvalue weighted by molar-refractivity contribution is -0.274. The van der Waals surface area contributed by atoms with Crippen LogP contribution in [0.4, 0.5) is 13.2 Å². The first kappa shape index (κ1) is 18.3. The third kappa shape index (κ3) is 5.24. The average Bonchev–Trinajstić information content (AvgIpc) is 3.05. The fraction of sp³-hybridized carbons (Fsp3) is 0.438. The number of benzene rings is 1. The molecule has 0 bridgehead atoms. The van der Waals surface area contributed by atoms with Crippen LogP contribution in [-0.4, -0.2) is 33.8 Å². The number of ether oxygens (including phenoxy) is 1. The van der Waals surface area contributed by atoms with Gasteiger partial charge in [0.15, 0.2) is 0 Å². The second-order valence-corrected chi connectivity index (χ2v) is 5.56. The topological polar surface area (TPSA) is 59.3 Å². The fourth-order valence-corrected chi connectivity index (χ4v) is 2.23. The zero-order valence-electron chi connectivity index (χ0n) is 13.4. The fourth-order valence-electron chi connectivity index (χ4n) is 2.23. The van der Waals surface area contributed by atoms with Crippen LogP contribution in [0.1, 0.15) is 31.6 Å². The molecule has 0 fully saturated rings. The second kappa shape index (κ2) is 7.67. The van der Waals surface area contributed by atoms with Crippen molar-refractivity contribution in [1.82, 2.24) is 15.1 Å². The van der Waals surface area contributed by atoms with Crippen molar-refractivity contribution in [2.24, 2.45) is 0 Å². The van der Waals surface area contributed by atoms with Crippen molar-refractivity contribution in [3.63, 3.8) is 0 Å². The minimum absolute atomic E-state index is 0.0485. The van der Waals surface area contributed by atoms with E-state index in [4.69, 9.17) is 0 Å². The zero-order valence-corrected chi connectivity index (χ0v) is 13.4. The van der Waals surface area contributed by atoms with Gasteiger partial charge in [-0.15, -0.1) is 13.2 Å². The summed E-state index contributed by atoms with van der Waals surface area (Å²) in [5.41, 5.74) is 0.510. The molecule has 0 saturated heterocycles. The molecule has 2 rings (SSSR count). The summed E-state index contributed by atoms with van der Waals surface area (Å²) in [6, 6.07) is 7.17.